The highest BCUT2D eigenvalue weighted by Crippen LogP contribution is 2.02. The molecule has 0 atom stereocenters. The number of rotatable bonds is 9. The van der Waals surface area contributed by atoms with E-state index in [-0.39, 0.29) is 11.7 Å². The largest absolute Gasteiger partial charge is 0.356 e. The maximum Gasteiger partial charge on any atom is 0.221 e. The number of carbonyl (C=O) groups is 1. The van der Waals surface area contributed by atoms with E-state index in [1.807, 2.05) is 18.2 Å². The minimum Gasteiger partial charge on any atom is -0.356 e. The first-order valence-corrected chi connectivity index (χ1v) is 8.00. The summed E-state index contributed by atoms with van der Waals surface area (Å²) in [6, 6.07) is 16.6. The fourth-order valence-corrected chi connectivity index (χ4v) is 2.29. The van der Waals surface area contributed by atoms with Gasteiger partial charge in [0.05, 0.1) is 0 Å². The number of hydrogen-bond acceptors (Lipinski definition) is 2. The second-order valence-electron chi connectivity index (χ2n) is 5.49. The van der Waals surface area contributed by atoms with Gasteiger partial charge in [0.25, 0.3) is 0 Å². The third-order valence-electron chi connectivity index (χ3n) is 3.58. The number of amides is 1. The van der Waals surface area contributed by atoms with E-state index in [0.29, 0.717) is 26.1 Å². The molecule has 1 amide bonds. The highest BCUT2D eigenvalue weighted by Gasteiger charge is 2.01. The van der Waals surface area contributed by atoms with Gasteiger partial charge in [0.15, 0.2) is 0 Å². The zero-order valence-electron chi connectivity index (χ0n) is 13.2. The molecule has 0 saturated carbocycles. The lowest BCUT2D eigenvalue weighted by Crippen LogP contribution is -2.28. The summed E-state index contributed by atoms with van der Waals surface area (Å²) >= 11 is 0. The van der Waals surface area contributed by atoms with E-state index >= 15 is 0 Å². The van der Waals surface area contributed by atoms with Crippen LogP contribution in [0.2, 0.25) is 0 Å². The Kier molecular flexibility index (Phi) is 7.27. The Labute approximate surface area is 136 Å². The van der Waals surface area contributed by atoms with Crippen LogP contribution in [0.15, 0.2) is 54.6 Å². The topological polar surface area (TPSA) is 41.1 Å². The molecule has 0 spiro atoms. The smallest absolute Gasteiger partial charge is 0.221 e. The van der Waals surface area contributed by atoms with Crippen LogP contribution >= 0.6 is 0 Å². The van der Waals surface area contributed by atoms with Gasteiger partial charge in [-0.2, -0.15) is 0 Å². The first kappa shape index (κ1) is 17.2. The summed E-state index contributed by atoms with van der Waals surface area (Å²) < 4.78 is 12.8. The van der Waals surface area contributed by atoms with E-state index in [9.17, 15) is 9.18 Å². The van der Waals surface area contributed by atoms with Crippen LogP contribution < -0.4 is 10.6 Å². The Morgan fingerprint density at radius 1 is 0.913 bits per heavy atom. The molecule has 23 heavy (non-hydrogen) atoms. The monoisotopic (exact) mass is 314 g/mol. The van der Waals surface area contributed by atoms with Crippen molar-refractivity contribution in [1.29, 1.82) is 0 Å². The summed E-state index contributed by atoms with van der Waals surface area (Å²) in [5.41, 5.74) is 2.30. The van der Waals surface area contributed by atoms with Crippen molar-refractivity contribution in [3.05, 3.63) is 71.5 Å². The third kappa shape index (κ3) is 7.06. The average molecular weight is 314 g/mol. The first-order chi connectivity index (χ1) is 11.2. The molecule has 0 radical (unpaired) electrons. The number of carbonyl (C=O) groups excluding carboxylic acids is 1. The quantitative estimate of drug-likeness (QED) is 0.699. The Hall–Kier alpha value is -2.20. The molecule has 2 aromatic rings. The molecule has 0 aromatic heterocycles. The molecule has 0 heterocycles. The van der Waals surface area contributed by atoms with Crippen LogP contribution in [0.5, 0.6) is 0 Å². The second-order valence-corrected chi connectivity index (χ2v) is 5.49. The van der Waals surface area contributed by atoms with Crippen molar-refractivity contribution < 1.29 is 9.18 Å². The summed E-state index contributed by atoms with van der Waals surface area (Å²) in [5.74, 6) is -0.173. The van der Waals surface area contributed by atoms with Gasteiger partial charge in [0.2, 0.25) is 5.91 Å². The SMILES string of the molecule is O=C(CCNCc1ccc(F)cc1)NCCCc1ccccc1. The summed E-state index contributed by atoms with van der Waals surface area (Å²) in [4.78, 5) is 11.7. The predicted molar refractivity (Wildman–Crippen MR) is 90.5 cm³/mol. The average Bonchev–Trinajstić information content (AvgIpc) is 2.58. The zero-order chi connectivity index (χ0) is 16.3. The van der Waals surface area contributed by atoms with Crippen LogP contribution in [0.25, 0.3) is 0 Å². The summed E-state index contributed by atoms with van der Waals surface area (Å²) in [5, 5.41) is 6.12. The highest BCUT2D eigenvalue weighted by atomic mass is 19.1. The Morgan fingerprint density at radius 2 is 1.65 bits per heavy atom. The Morgan fingerprint density at radius 3 is 2.39 bits per heavy atom. The van der Waals surface area contributed by atoms with Gasteiger partial charge in [-0.15, -0.1) is 0 Å². The van der Waals surface area contributed by atoms with Gasteiger partial charge >= 0.3 is 0 Å². The molecule has 122 valence electrons. The minimum absolute atomic E-state index is 0.0599. The number of nitrogens with one attached hydrogen (secondary N) is 2. The molecule has 3 nitrogen and oxygen atoms in total. The molecule has 0 aliphatic heterocycles. The Balaban J connectivity index is 1.51. The molecular formula is C19H23FN2O. The van der Waals surface area contributed by atoms with E-state index < -0.39 is 0 Å². The van der Waals surface area contributed by atoms with Crippen molar-refractivity contribution >= 4 is 5.91 Å². The number of halogens is 1. The van der Waals surface area contributed by atoms with Crippen molar-refractivity contribution in [2.24, 2.45) is 0 Å². The van der Waals surface area contributed by atoms with Crippen LogP contribution in [-0.2, 0) is 17.8 Å². The van der Waals surface area contributed by atoms with Crippen LogP contribution in [0, 0.1) is 5.82 Å². The normalized spacial score (nSPS) is 10.5. The van der Waals surface area contributed by atoms with Crippen LogP contribution in [0.1, 0.15) is 24.0 Å². The minimum atomic E-state index is -0.233. The summed E-state index contributed by atoms with van der Waals surface area (Å²) in [7, 11) is 0. The molecule has 2 rings (SSSR count). The zero-order valence-corrected chi connectivity index (χ0v) is 13.2. The molecule has 2 aromatic carbocycles. The van der Waals surface area contributed by atoms with E-state index in [4.69, 9.17) is 0 Å². The van der Waals surface area contributed by atoms with Crippen molar-refractivity contribution in [2.75, 3.05) is 13.1 Å². The van der Waals surface area contributed by atoms with E-state index in [1.165, 1.54) is 17.7 Å². The van der Waals surface area contributed by atoms with E-state index in [2.05, 4.69) is 22.8 Å². The fraction of sp³-hybridized carbons (Fsp3) is 0.316. The molecule has 0 fully saturated rings. The van der Waals surface area contributed by atoms with Crippen LogP contribution in [0.3, 0.4) is 0 Å². The molecule has 4 heteroatoms. The summed E-state index contributed by atoms with van der Waals surface area (Å²) in [6.45, 7) is 1.95. The maximum absolute atomic E-state index is 12.8. The molecule has 0 aliphatic carbocycles. The number of hydrogen-bond donors (Lipinski definition) is 2. The second kappa shape index (κ2) is 9.74. The fourth-order valence-electron chi connectivity index (χ4n) is 2.29. The van der Waals surface area contributed by atoms with Gasteiger partial charge in [0.1, 0.15) is 5.82 Å². The van der Waals surface area contributed by atoms with Crippen molar-refractivity contribution in [3.63, 3.8) is 0 Å². The highest BCUT2D eigenvalue weighted by molar-refractivity contribution is 5.75. The first-order valence-electron chi connectivity index (χ1n) is 8.00. The molecular weight excluding hydrogens is 291 g/mol. The van der Waals surface area contributed by atoms with E-state index in [0.717, 1.165) is 18.4 Å². The maximum atomic E-state index is 12.8. The van der Waals surface area contributed by atoms with Gasteiger partial charge in [-0.3, -0.25) is 4.79 Å². The third-order valence-corrected chi connectivity index (χ3v) is 3.58. The van der Waals surface area contributed by atoms with Crippen LogP contribution in [-0.4, -0.2) is 19.0 Å². The molecule has 0 saturated heterocycles. The van der Waals surface area contributed by atoms with Gasteiger partial charge in [-0.1, -0.05) is 42.5 Å². The van der Waals surface area contributed by atoms with Gasteiger partial charge in [0, 0.05) is 26.1 Å². The number of aryl methyl sites for hydroxylation is 1. The standard InChI is InChI=1S/C19H23FN2O/c20-18-10-8-17(9-11-18)15-21-14-12-19(23)22-13-4-7-16-5-2-1-3-6-16/h1-3,5-6,8-11,21H,4,7,12-15H2,(H,22,23). The number of benzene rings is 2. The summed E-state index contributed by atoms with van der Waals surface area (Å²) in [6.07, 6.45) is 2.37. The molecule has 2 N–H and O–H groups in total. The lowest BCUT2D eigenvalue weighted by atomic mass is 10.1. The molecule has 0 unspecified atom stereocenters. The van der Waals surface area contributed by atoms with Crippen molar-refractivity contribution in [1.82, 2.24) is 10.6 Å². The van der Waals surface area contributed by atoms with E-state index in [1.54, 1.807) is 12.1 Å². The Bertz CT molecular complexity index is 584. The van der Waals surface area contributed by atoms with Gasteiger partial charge in [-0.25, -0.2) is 4.39 Å². The van der Waals surface area contributed by atoms with Gasteiger partial charge in [-0.05, 0) is 36.1 Å². The lowest BCUT2D eigenvalue weighted by molar-refractivity contribution is -0.121. The molecule has 0 bridgehead atoms. The predicted octanol–water partition coefficient (Wildman–Crippen LogP) is 3.05. The van der Waals surface area contributed by atoms with Crippen molar-refractivity contribution in [2.45, 2.75) is 25.8 Å². The lowest BCUT2D eigenvalue weighted by Gasteiger charge is -2.07. The molecule has 0 aliphatic rings. The van der Waals surface area contributed by atoms with Gasteiger partial charge < -0.3 is 10.6 Å². The van der Waals surface area contributed by atoms with Crippen molar-refractivity contribution in [3.8, 4) is 0 Å². The van der Waals surface area contributed by atoms with Crippen LogP contribution in [0.4, 0.5) is 4.39 Å².